The normalized spacial score (nSPS) is 16.4. The zero-order valence-electron chi connectivity index (χ0n) is 8.13. The van der Waals surface area contributed by atoms with Crippen LogP contribution < -0.4 is 4.74 Å². The molecule has 0 saturated carbocycles. The van der Waals surface area contributed by atoms with Gasteiger partial charge in [0.15, 0.2) is 0 Å². The van der Waals surface area contributed by atoms with Gasteiger partial charge in [-0.25, -0.2) is 0 Å². The van der Waals surface area contributed by atoms with Crippen LogP contribution in [0.1, 0.15) is 5.56 Å². The Balaban J connectivity index is 1.91. The van der Waals surface area contributed by atoms with Crippen molar-refractivity contribution in [3.63, 3.8) is 0 Å². The number of ether oxygens (including phenoxy) is 2. The summed E-state index contributed by atoms with van der Waals surface area (Å²) in [6.45, 7) is 4.34. The highest BCUT2D eigenvalue weighted by atomic mass is 35.5. The molecule has 0 aliphatic carbocycles. The Kier molecular flexibility index (Phi) is 2.94. The number of rotatable bonds is 3. The first-order valence-corrected chi connectivity index (χ1v) is 5.10. The molecule has 1 aromatic carbocycles. The first kappa shape index (κ1) is 9.81. The van der Waals surface area contributed by atoms with Crippen molar-refractivity contribution in [3.8, 4) is 5.75 Å². The van der Waals surface area contributed by atoms with E-state index >= 15 is 0 Å². The van der Waals surface area contributed by atoms with Crippen molar-refractivity contribution in [2.75, 3.05) is 19.8 Å². The molecule has 0 radical (unpaired) electrons. The summed E-state index contributed by atoms with van der Waals surface area (Å²) in [6.07, 6.45) is 0. The number of hydrogen-bond donors (Lipinski definition) is 0. The third-order valence-electron chi connectivity index (χ3n) is 2.34. The molecule has 1 aliphatic rings. The van der Waals surface area contributed by atoms with Gasteiger partial charge in [0.1, 0.15) is 5.75 Å². The van der Waals surface area contributed by atoms with Gasteiger partial charge >= 0.3 is 0 Å². The van der Waals surface area contributed by atoms with E-state index in [-0.39, 0.29) is 0 Å². The molecule has 0 aromatic heterocycles. The Morgan fingerprint density at radius 2 is 2.29 bits per heavy atom. The third-order valence-corrected chi connectivity index (χ3v) is 2.74. The van der Waals surface area contributed by atoms with Gasteiger partial charge in [0.05, 0.1) is 19.8 Å². The molecule has 1 saturated heterocycles. The van der Waals surface area contributed by atoms with Gasteiger partial charge in [0.2, 0.25) is 0 Å². The van der Waals surface area contributed by atoms with Crippen LogP contribution in [0, 0.1) is 12.8 Å². The smallest absolute Gasteiger partial charge is 0.120 e. The zero-order valence-corrected chi connectivity index (χ0v) is 8.88. The second-order valence-corrected chi connectivity index (χ2v) is 4.03. The minimum absolute atomic E-state index is 0.551. The topological polar surface area (TPSA) is 18.5 Å². The fraction of sp³-hybridized carbons (Fsp3) is 0.455. The second kappa shape index (κ2) is 4.20. The standard InChI is InChI=1S/C11H13ClO2/c1-8-2-3-10(4-11(8)12)14-7-9-5-13-6-9/h2-4,9H,5-7H2,1H3. The van der Waals surface area contributed by atoms with Crippen LogP contribution >= 0.6 is 11.6 Å². The van der Waals surface area contributed by atoms with Crippen LogP contribution in [-0.2, 0) is 4.74 Å². The van der Waals surface area contributed by atoms with Crippen molar-refractivity contribution < 1.29 is 9.47 Å². The van der Waals surface area contributed by atoms with Gasteiger partial charge in [-0.05, 0) is 24.6 Å². The zero-order chi connectivity index (χ0) is 9.97. The molecular formula is C11H13ClO2. The molecule has 0 atom stereocenters. The number of halogens is 1. The quantitative estimate of drug-likeness (QED) is 0.767. The van der Waals surface area contributed by atoms with E-state index in [0.29, 0.717) is 5.92 Å². The van der Waals surface area contributed by atoms with E-state index in [2.05, 4.69) is 0 Å². The monoisotopic (exact) mass is 212 g/mol. The Morgan fingerprint density at radius 1 is 1.50 bits per heavy atom. The summed E-state index contributed by atoms with van der Waals surface area (Å²) in [5, 5.41) is 0.757. The molecule has 1 fully saturated rings. The van der Waals surface area contributed by atoms with Crippen molar-refractivity contribution in [3.05, 3.63) is 28.8 Å². The van der Waals surface area contributed by atoms with Crippen LogP contribution in [0.4, 0.5) is 0 Å². The van der Waals surface area contributed by atoms with E-state index in [9.17, 15) is 0 Å². The van der Waals surface area contributed by atoms with Crippen molar-refractivity contribution in [1.29, 1.82) is 0 Å². The van der Waals surface area contributed by atoms with Gasteiger partial charge in [0.25, 0.3) is 0 Å². The number of benzene rings is 1. The van der Waals surface area contributed by atoms with Crippen molar-refractivity contribution >= 4 is 11.6 Å². The van der Waals surface area contributed by atoms with E-state index in [4.69, 9.17) is 21.1 Å². The predicted molar refractivity (Wildman–Crippen MR) is 56.0 cm³/mol. The molecule has 14 heavy (non-hydrogen) atoms. The highest BCUT2D eigenvalue weighted by Gasteiger charge is 2.18. The van der Waals surface area contributed by atoms with Crippen LogP contribution in [-0.4, -0.2) is 19.8 Å². The van der Waals surface area contributed by atoms with Crippen LogP contribution in [0.25, 0.3) is 0 Å². The molecule has 1 heterocycles. The molecule has 0 amide bonds. The molecular weight excluding hydrogens is 200 g/mol. The van der Waals surface area contributed by atoms with E-state index < -0.39 is 0 Å². The van der Waals surface area contributed by atoms with Crippen LogP contribution in [0.5, 0.6) is 5.75 Å². The third kappa shape index (κ3) is 2.20. The van der Waals surface area contributed by atoms with E-state index in [1.54, 1.807) is 0 Å². The summed E-state index contributed by atoms with van der Waals surface area (Å²) >= 11 is 5.97. The Morgan fingerprint density at radius 3 is 2.86 bits per heavy atom. The summed E-state index contributed by atoms with van der Waals surface area (Å²) in [6, 6.07) is 5.77. The van der Waals surface area contributed by atoms with Crippen molar-refractivity contribution in [2.24, 2.45) is 5.92 Å². The second-order valence-electron chi connectivity index (χ2n) is 3.63. The van der Waals surface area contributed by atoms with Crippen LogP contribution in [0.15, 0.2) is 18.2 Å². The molecule has 0 N–H and O–H groups in total. The van der Waals surface area contributed by atoms with Gasteiger partial charge in [-0.3, -0.25) is 0 Å². The van der Waals surface area contributed by atoms with Crippen LogP contribution in [0.3, 0.4) is 0 Å². The minimum Gasteiger partial charge on any atom is -0.493 e. The SMILES string of the molecule is Cc1ccc(OCC2COC2)cc1Cl. The van der Waals surface area contributed by atoms with E-state index in [0.717, 1.165) is 36.2 Å². The summed E-state index contributed by atoms with van der Waals surface area (Å²) in [7, 11) is 0. The van der Waals surface area contributed by atoms with Crippen molar-refractivity contribution in [2.45, 2.75) is 6.92 Å². The highest BCUT2D eigenvalue weighted by Crippen LogP contribution is 2.22. The lowest BCUT2D eigenvalue weighted by atomic mass is 10.1. The largest absolute Gasteiger partial charge is 0.493 e. The lowest BCUT2D eigenvalue weighted by molar-refractivity contribution is -0.0508. The maximum Gasteiger partial charge on any atom is 0.120 e. The van der Waals surface area contributed by atoms with Crippen LogP contribution in [0.2, 0.25) is 5.02 Å². The van der Waals surface area contributed by atoms with E-state index in [1.165, 1.54) is 0 Å². The fourth-order valence-electron chi connectivity index (χ4n) is 1.26. The number of aryl methyl sites for hydroxylation is 1. The van der Waals surface area contributed by atoms with E-state index in [1.807, 2.05) is 25.1 Å². The van der Waals surface area contributed by atoms with Gasteiger partial charge < -0.3 is 9.47 Å². The molecule has 3 heteroatoms. The van der Waals surface area contributed by atoms with Gasteiger partial charge in [-0.1, -0.05) is 17.7 Å². The van der Waals surface area contributed by atoms with Gasteiger partial charge in [-0.15, -0.1) is 0 Å². The molecule has 0 unspecified atom stereocenters. The molecule has 2 rings (SSSR count). The lowest BCUT2D eigenvalue weighted by Gasteiger charge is -2.25. The average Bonchev–Trinajstić information content (AvgIpc) is 2.08. The summed E-state index contributed by atoms with van der Waals surface area (Å²) in [5.74, 6) is 1.39. The van der Waals surface area contributed by atoms with Gasteiger partial charge in [0, 0.05) is 10.9 Å². The molecule has 1 aromatic rings. The summed E-state index contributed by atoms with van der Waals surface area (Å²) in [5.41, 5.74) is 1.07. The Bertz CT molecular complexity index is 321. The number of hydrogen-bond acceptors (Lipinski definition) is 2. The first-order valence-electron chi connectivity index (χ1n) is 4.72. The maximum atomic E-state index is 5.97. The summed E-state index contributed by atoms with van der Waals surface area (Å²) in [4.78, 5) is 0. The molecule has 1 aliphatic heterocycles. The maximum absolute atomic E-state index is 5.97. The molecule has 76 valence electrons. The predicted octanol–water partition coefficient (Wildman–Crippen LogP) is 2.67. The Hall–Kier alpha value is -0.730. The molecule has 0 bridgehead atoms. The average molecular weight is 213 g/mol. The molecule has 2 nitrogen and oxygen atoms in total. The van der Waals surface area contributed by atoms with Gasteiger partial charge in [-0.2, -0.15) is 0 Å². The summed E-state index contributed by atoms with van der Waals surface area (Å²) < 4.78 is 10.6. The molecule has 0 spiro atoms. The minimum atomic E-state index is 0.551. The Labute approximate surface area is 88.8 Å². The van der Waals surface area contributed by atoms with Crippen molar-refractivity contribution in [1.82, 2.24) is 0 Å². The fourth-order valence-corrected chi connectivity index (χ4v) is 1.43. The highest BCUT2D eigenvalue weighted by molar-refractivity contribution is 6.31. The lowest BCUT2D eigenvalue weighted by Crippen LogP contribution is -2.32. The first-order chi connectivity index (χ1) is 6.75.